The van der Waals surface area contributed by atoms with Crippen molar-refractivity contribution in [3.8, 4) is 0 Å². The highest BCUT2D eigenvalue weighted by Gasteiger charge is 2.27. The van der Waals surface area contributed by atoms with Crippen molar-refractivity contribution in [2.75, 3.05) is 18.4 Å². The van der Waals surface area contributed by atoms with Crippen molar-refractivity contribution in [2.24, 2.45) is 5.92 Å². The lowest BCUT2D eigenvalue weighted by atomic mass is 9.97. The van der Waals surface area contributed by atoms with E-state index in [1.807, 2.05) is 18.7 Å². The summed E-state index contributed by atoms with van der Waals surface area (Å²) in [5.41, 5.74) is -0.111. The molecule has 0 aliphatic carbocycles. The van der Waals surface area contributed by atoms with Crippen LogP contribution in [0.15, 0.2) is 18.2 Å². The Bertz CT molecular complexity index is 863. The summed E-state index contributed by atoms with van der Waals surface area (Å²) in [6, 6.07) is 2.93. The average molecular weight is 408 g/mol. The van der Waals surface area contributed by atoms with Crippen molar-refractivity contribution in [2.45, 2.75) is 39.0 Å². The SMILES string of the molecule is CC(C)CC(=O)N1CCC(c2nnc(C(=O)Nc3ccc(F)cc3F)s2)CC1. The largest absolute Gasteiger partial charge is 0.343 e. The standard InChI is InChI=1S/C19H22F2N4O2S/c1-11(2)9-16(26)25-7-5-12(6-8-25)18-23-24-19(28-18)17(27)22-15-4-3-13(20)10-14(15)21/h3-4,10-12H,5-9H2,1-2H3,(H,22,27). The molecule has 2 aromatic rings. The van der Waals surface area contributed by atoms with Gasteiger partial charge in [-0.3, -0.25) is 9.59 Å². The number of carbonyl (C=O) groups excluding carboxylic acids is 2. The van der Waals surface area contributed by atoms with Crippen molar-refractivity contribution in [1.29, 1.82) is 0 Å². The Morgan fingerprint density at radius 2 is 1.96 bits per heavy atom. The van der Waals surface area contributed by atoms with Gasteiger partial charge in [-0.2, -0.15) is 0 Å². The number of likely N-dealkylation sites (tertiary alicyclic amines) is 1. The van der Waals surface area contributed by atoms with Gasteiger partial charge in [-0.15, -0.1) is 10.2 Å². The molecule has 1 saturated heterocycles. The van der Waals surface area contributed by atoms with Crippen LogP contribution in [0, 0.1) is 17.6 Å². The van der Waals surface area contributed by atoms with E-state index in [-0.39, 0.29) is 22.5 Å². The van der Waals surface area contributed by atoms with Crippen LogP contribution >= 0.6 is 11.3 Å². The minimum atomic E-state index is -0.850. The molecule has 0 unspecified atom stereocenters. The molecule has 9 heteroatoms. The molecule has 0 spiro atoms. The quantitative estimate of drug-likeness (QED) is 0.816. The van der Waals surface area contributed by atoms with Gasteiger partial charge in [0.2, 0.25) is 10.9 Å². The van der Waals surface area contributed by atoms with Crippen LogP contribution in [-0.2, 0) is 4.79 Å². The predicted octanol–water partition coefficient (Wildman–Crippen LogP) is 3.82. The molecular formula is C19H22F2N4O2S. The first-order valence-electron chi connectivity index (χ1n) is 9.21. The Balaban J connectivity index is 1.58. The summed E-state index contributed by atoms with van der Waals surface area (Å²) in [7, 11) is 0. The lowest BCUT2D eigenvalue weighted by Gasteiger charge is -2.31. The first-order chi connectivity index (χ1) is 13.3. The van der Waals surface area contributed by atoms with Crippen molar-refractivity contribution in [3.63, 3.8) is 0 Å². The zero-order valence-electron chi connectivity index (χ0n) is 15.7. The number of nitrogens with zero attached hydrogens (tertiary/aromatic N) is 3. The second-order valence-electron chi connectivity index (χ2n) is 7.28. The Morgan fingerprint density at radius 3 is 2.61 bits per heavy atom. The molecule has 3 rings (SSSR count). The lowest BCUT2D eigenvalue weighted by Crippen LogP contribution is -2.38. The number of aromatic nitrogens is 2. The van der Waals surface area contributed by atoms with Gasteiger partial charge in [0.25, 0.3) is 5.91 Å². The zero-order valence-corrected chi connectivity index (χ0v) is 16.6. The summed E-state index contributed by atoms with van der Waals surface area (Å²) in [6.07, 6.45) is 2.09. The second kappa shape index (κ2) is 8.72. The third-order valence-electron chi connectivity index (χ3n) is 4.59. The molecule has 2 amide bonds. The lowest BCUT2D eigenvalue weighted by molar-refractivity contribution is -0.133. The van der Waals surface area contributed by atoms with Crippen LogP contribution < -0.4 is 5.32 Å². The molecule has 1 N–H and O–H groups in total. The van der Waals surface area contributed by atoms with Crippen LogP contribution in [0.4, 0.5) is 14.5 Å². The molecule has 2 heterocycles. The van der Waals surface area contributed by atoms with E-state index in [2.05, 4.69) is 15.5 Å². The first-order valence-corrected chi connectivity index (χ1v) is 10.0. The molecule has 1 aromatic carbocycles. The Hall–Kier alpha value is -2.42. The van der Waals surface area contributed by atoms with Crippen LogP contribution in [0.3, 0.4) is 0 Å². The smallest absolute Gasteiger partial charge is 0.286 e. The minimum absolute atomic E-state index is 0.111. The number of anilines is 1. The van der Waals surface area contributed by atoms with Crippen molar-refractivity contribution < 1.29 is 18.4 Å². The number of hydrogen-bond donors (Lipinski definition) is 1. The van der Waals surface area contributed by atoms with E-state index in [1.165, 1.54) is 0 Å². The van der Waals surface area contributed by atoms with Crippen molar-refractivity contribution in [3.05, 3.63) is 39.8 Å². The molecule has 150 valence electrons. The molecule has 0 atom stereocenters. The third kappa shape index (κ3) is 4.89. The number of halogens is 2. The zero-order chi connectivity index (χ0) is 20.3. The highest BCUT2D eigenvalue weighted by Crippen LogP contribution is 2.31. The summed E-state index contributed by atoms with van der Waals surface area (Å²) in [5.74, 6) is -1.50. The van der Waals surface area contributed by atoms with E-state index in [4.69, 9.17) is 0 Å². The molecular weight excluding hydrogens is 386 g/mol. The molecule has 1 fully saturated rings. The Morgan fingerprint density at radius 1 is 1.25 bits per heavy atom. The van der Waals surface area contributed by atoms with E-state index in [9.17, 15) is 18.4 Å². The molecule has 6 nitrogen and oxygen atoms in total. The number of hydrogen-bond acceptors (Lipinski definition) is 5. The number of benzene rings is 1. The maximum Gasteiger partial charge on any atom is 0.286 e. The second-order valence-corrected chi connectivity index (χ2v) is 8.29. The number of piperidine rings is 1. The van der Waals surface area contributed by atoms with Gasteiger partial charge in [0.15, 0.2) is 0 Å². The average Bonchev–Trinajstić information content (AvgIpc) is 3.14. The normalized spacial score (nSPS) is 15.1. The van der Waals surface area contributed by atoms with Crippen molar-refractivity contribution in [1.82, 2.24) is 15.1 Å². The van der Waals surface area contributed by atoms with Gasteiger partial charge in [-0.1, -0.05) is 25.2 Å². The molecule has 1 aromatic heterocycles. The van der Waals surface area contributed by atoms with Crippen LogP contribution in [0.25, 0.3) is 0 Å². The Kier molecular flexibility index (Phi) is 6.33. The third-order valence-corrected chi connectivity index (χ3v) is 5.68. The fraction of sp³-hybridized carbons (Fsp3) is 0.474. The highest BCUT2D eigenvalue weighted by atomic mass is 32.1. The van der Waals surface area contributed by atoms with E-state index in [0.717, 1.165) is 41.3 Å². The maximum absolute atomic E-state index is 13.7. The molecule has 0 radical (unpaired) electrons. The van der Waals surface area contributed by atoms with Crippen molar-refractivity contribution >= 4 is 28.8 Å². The molecule has 1 aliphatic heterocycles. The van der Waals surface area contributed by atoms with Gasteiger partial charge >= 0.3 is 0 Å². The summed E-state index contributed by atoms with van der Waals surface area (Å²) >= 11 is 1.16. The summed E-state index contributed by atoms with van der Waals surface area (Å²) in [4.78, 5) is 26.3. The summed E-state index contributed by atoms with van der Waals surface area (Å²) in [6.45, 7) is 5.38. The first kappa shape index (κ1) is 20.3. The number of carbonyl (C=O) groups is 2. The molecule has 1 aliphatic rings. The van der Waals surface area contributed by atoms with Gasteiger partial charge in [-0.25, -0.2) is 8.78 Å². The topological polar surface area (TPSA) is 75.2 Å². The fourth-order valence-electron chi connectivity index (χ4n) is 3.11. The Labute approximate surface area is 166 Å². The van der Waals surface area contributed by atoms with Crippen LogP contribution in [-0.4, -0.2) is 40.0 Å². The van der Waals surface area contributed by atoms with Gasteiger partial charge in [0, 0.05) is 31.5 Å². The summed E-state index contributed by atoms with van der Waals surface area (Å²) in [5, 5.41) is 11.3. The number of nitrogens with one attached hydrogen (secondary N) is 1. The highest BCUT2D eigenvalue weighted by molar-refractivity contribution is 7.13. The van der Waals surface area contributed by atoms with E-state index in [0.29, 0.717) is 31.5 Å². The maximum atomic E-state index is 13.7. The predicted molar refractivity (Wildman–Crippen MR) is 102 cm³/mol. The minimum Gasteiger partial charge on any atom is -0.343 e. The van der Waals surface area contributed by atoms with E-state index < -0.39 is 17.5 Å². The monoisotopic (exact) mass is 408 g/mol. The van der Waals surface area contributed by atoms with Gasteiger partial charge in [-0.05, 0) is 30.9 Å². The molecule has 0 bridgehead atoms. The summed E-state index contributed by atoms with van der Waals surface area (Å²) < 4.78 is 26.6. The van der Waals surface area contributed by atoms with Crippen LogP contribution in [0.2, 0.25) is 0 Å². The number of amides is 2. The van der Waals surface area contributed by atoms with Gasteiger partial charge in [0.1, 0.15) is 16.6 Å². The van der Waals surface area contributed by atoms with Crippen LogP contribution in [0.1, 0.15) is 53.8 Å². The van der Waals surface area contributed by atoms with Crippen LogP contribution in [0.5, 0.6) is 0 Å². The number of rotatable bonds is 5. The fourth-order valence-corrected chi connectivity index (χ4v) is 4.02. The van der Waals surface area contributed by atoms with Gasteiger partial charge < -0.3 is 10.2 Å². The molecule has 0 saturated carbocycles. The van der Waals surface area contributed by atoms with Gasteiger partial charge in [0.05, 0.1) is 5.69 Å². The van der Waals surface area contributed by atoms with E-state index >= 15 is 0 Å². The molecule has 28 heavy (non-hydrogen) atoms. The van der Waals surface area contributed by atoms with E-state index in [1.54, 1.807) is 0 Å².